The van der Waals surface area contributed by atoms with Gasteiger partial charge in [0.05, 0.1) is 11.3 Å². The van der Waals surface area contributed by atoms with Crippen molar-refractivity contribution in [1.82, 2.24) is 10.3 Å². The van der Waals surface area contributed by atoms with Crippen LogP contribution < -0.4 is 14.8 Å². The van der Waals surface area contributed by atoms with Crippen molar-refractivity contribution in [3.8, 4) is 28.7 Å². The maximum atomic E-state index is 12.9. The predicted octanol–water partition coefficient (Wildman–Crippen LogP) is 3.52. The number of aromatic nitrogens is 1. The quantitative estimate of drug-likeness (QED) is 0.654. The fraction of sp³-hybridized carbons (Fsp3) is 0.261. The second-order valence-electron chi connectivity index (χ2n) is 7.23. The van der Waals surface area contributed by atoms with E-state index < -0.39 is 0 Å². The molecule has 0 saturated heterocycles. The zero-order chi connectivity index (χ0) is 20.5. The molecule has 0 radical (unpaired) electrons. The molecule has 0 amide bonds. The van der Waals surface area contributed by atoms with Crippen LogP contribution in [0.4, 0.5) is 0 Å². The van der Waals surface area contributed by atoms with E-state index in [0.717, 1.165) is 41.2 Å². The lowest BCUT2D eigenvalue weighted by molar-refractivity contribution is 0.0992. The summed E-state index contributed by atoms with van der Waals surface area (Å²) in [6.45, 7) is 2.69. The van der Waals surface area contributed by atoms with E-state index in [-0.39, 0.29) is 12.2 Å². The number of Topliss-reactive ketones (excluding diaryl/α,β-unsaturated/α-hetero) is 1. The van der Waals surface area contributed by atoms with Crippen molar-refractivity contribution in [3.05, 3.63) is 63.1 Å². The highest BCUT2D eigenvalue weighted by atomic mass is 32.1. The summed E-state index contributed by atoms with van der Waals surface area (Å²) in [6.07, 6.45) is 1.00. The summed E-state index contributed by atoms with van der Waals surface area (Å²) in [5.74, 6) is 1.33. The van der Waals surface area contributed by atoms with Crippen LogP contribution in [0.15, 0.2) is 36.4 Å². The molecule has 3 heterocycles. The van der Waals surface area contributed by atoms with Gasteiger partial charge in [-0.1, -0.05) is 24.3 Å². The molecule has 0 aliphatic carbocycles. The molecular formula is C23H19N3O3S. The number of ether oxygens (including phenoxy) is 2. The Balaban J connectivity index is 1.46. The summed E-state index contributed by atoms with van der Waals surface area (Å²) >= 11 is 1.46. The minimum atomic E-state index is -0.0507. The third-order valence-corrected chi connectivity index (χ3v) is 6.45. The van der Waals surface area contributed by atoms with Crippen LogP contribution in [0, 0.1) is 11.3 Å². The van der Waals surface area contributed by atoms with E-state index in [4.69, 9.17) is 9.47 Å². The number of hydrogen-bond acceptors (Lipinski definition) is 7. The van der Waals surface area contributed by atoms with Crippen molar-refractivity contribution in [2.75, 3.05) is 19.8 Å². The first-order valence-electron chi connectivity index (χ1n) is 9.87. The molecule has 150 valence electrons. The van der Waals surface area contributed by atoms with E-state index in [2.05, 4.69) is 16.4 Å². The fourth-order valence-corrected chi connectivity index (χ4v) is 4.84. The highest BCUT2D eigenvalue weighted by molar-refractivity contribution is 7.13. The zero-order valence-electron chi connectivity index (χ0n) is 16.2. The number of nitrogens with one attached hydrogen (secondary N) is 1. The van der Waals surface area contributed by atoms with E-state index in [9.17, 15) is 10.1 Å². The van der Waals surface area contributed by atoms with Crippen LogP contribution in [0.5, 0.6) is 11.5 Å². The Labute approximate surface area is 178 Å². The highest BCUT2D eigenvalue weighted by Gasteiger charge is 2.21. The summed E-state index contributed by atoms with van der Waals surface area (Å²) in [5.41, 5.74) is 3.88. The minimum Gasteiger partial charge on any atom is -0.486 e. The maximum Gasteiger partial charge on any atom is 0.195 e. The Morgan fingerprint density at radius 1 is 1.20 bits per heavy atom. The number of ketones is 1. The third kappa shape index (κ3) is 3.45. The van der Waals surface area contributed by atoms with Gasteiger partial charge in [-0.05, 0) is 28.8 Å². The SMILES string of the molecule is N#Cc1c(CC(=O)c2nc3c(s2)CNCC3)cccc1-c1ccc2c(c1)OCCO2. The molecule has 0 saturated carbocycles. The molecule has 3 aromatic rings. The van der Waals surface area contributed by atoms with Crippen molar-refractivity contribution < 1.29 is 14.3 Å². The number of carbonyl (C=O) groups is 1. The van der Waals surface area contributed by atoms with Crippen LogP contribution >= 0.6 is 11.3 Å². The lowest BCUT2D eigenvalue weighted by Gasteiger charge is -2.19. The van der Waals surface area contributed by atoms with Crippen LogP contribution in [-0.4, -0.2) is 30.5 Å². The van der Waals surface area contributed by atoms with Gasteiger partial charge in [0.25, 0.3) is 0 Å². The monoisotopic (exact) mass is 417 g/mol. The second-order valence-corrected chi connectivity index (χ2v) is 8.31. The molecule has 0 spiro atoms. The summed E-state index contributed by atoms with van der Waals surface area (Å²) in [7, 11) is 0. The van der Waals surface area contributed by atoms with Gasteiger partial charge < -0.3 is 14.8 Å². The Morgan fingerprint density at radius 2 is 2.07 bits per heavy atom. The molecule has 5 rings (SSSR count). The number of hydrogen-bond donors (Lipinski definition) is 1. The van der Waals surface area contributed by atoms with Gasteiger partial charge in [0.1, 0.15) is 19.3 Å². The average Bonchev–Trinajstić information content (AvgIpc) is 3.23. The number of nitrogens with zero attached hydrogens (tertiary/aromatic N) is 2. The molecular weight excluding hydrogens is 398 g/mol. The first-order chi connectivity index (χ1) is 14.7. The van der Waals surface area contributed by atoms with E-state index >= 15 is 0 Å². The number of benzene rings is 2. The Bertz CT molecular complexity index is 1160. The smallest absolute Gasteiger partial charge is 0.195 e. The highest BCUT2D eigenvalue weighted by Crippen LogP contribution is 2.36. The maximum absolute atomic E-state index is 12.9. The average molecular weight is 417 g/mol. The second kappa shape index (κ2) is 7.90. The number of thiazole rings is 1. The van der Waals surface area contributed by atoms with Gasteiger partial charge >= 0.3 is 0 Å². The summed E-state index contributed by atoms with van der Waals surface area (Å²) in [5, 5.41) is 13.7. The predicted molar refractivity (Wildman–Crippen MR) is 113 cm³/mol. The van der Waals surface area contributed by atoms with E-state index in [0.29, 0.717) is 40.8 Å². The van der Waals surface area contributed by atoms with Gasteiger partial charge in [0.15, 0.2) is 22.3 Å². The van der Waals surface area contributed by atoms with Gasteiger partial charge in [0, 0.05) is 30.8 Å². The molecule has 2 aliphatic heterocycles. The van der Waals surface area contributed by atoms with Gasteiger partial charge in [-0.3, -0.25) is 4.79 Å². The van der Waals surface area contributed by atoms with Crippen LogP contribution in [0.2, 0.25) is 0 Å². The molecule has 7 heteroatoms. The summed E-state index contributed by atoms with van der Waals surface area (Å²) in [6, 6.07) is 13.6. The van der Waals surface area contributed by atoms with E-state index in [1.54, 1.807) is 0 Å². The molecule has 6 nitrogen and oxygen atoms in total. The third-order valence-electron chi connectivity index (χ3n) is 5.31. The molecule has 30 heavy (non-hydrogen) atoms. The van der Waals surface area contributed by atoms with Crippen molar-refractivity contribution >= 4 is 17.1 Å². The molecule has 0 fully saturated rings. The molecule has 2 aromatic carbocycles. The van der Waals surface area contributed by atoms with Gasteiger partial charge in [-0.15, -0.1) is 11.3 Å². The Morgan fingerprint density at radius 3 is 2.90 bits per heavy atom. The topological polar surface area (TPSA) is 84.2 Å². The first kappa shape index (κ1) is 18.8. The zero-order valence-corrected chi connectivity index (χ0v) is 17.1. The van der Waals surface area contributed by atoms with E-state index in [1.165, 1.54) is 11.3 Å². The molecule has 0 unspecified atom stereocenters. The van der Waals surface area contributed by atoms with Crippen LogP contribution in [0.3, 0.4) is 0 Å². The molecule has 1 aromatic heterocycles. The number of fused-ring (bicyclic) bond motifs is 2. The van der Waals surface area contributed by atoms with E-state index in [1.807, 2.05) is 36.4 Å². The van der Waals surface area contributed by atoms with Gasteiger partial charge in [-0.2, -0.15) is 5.26 Å². The lowest BCUT2D eigenvalue weighted by atomic mass is 9.93. The molecule has 1 N–H and O–H groups in total. The Hall–Kier alpha value is -3.21. The molecule has 2 aliphatic rings. The van der Waals surface area contributed by atoms with Crippen LogP contribution in [0.25, 0.3) is 11.1 Å². The first-order valence-corrected chi connectivity index (χ1v) is 10.7. The van der Waals surface area contributed by atoms with Crippen molar-refractivity contribution in [2.24, 2.45) is 0 Å². The van der Waals surface area contributed by atoms with Gasteiger partial charge in [0.2, 0.25) is 0 Å². The van der Waals surface area contributed by atoms with Gasteiger partial charge in [-0.25, -0.2) is 4.98 Å². The summed E-state index contributed by atoms with van der Waals surface area (Å²) < 4.78 is 11.3. The number of rotatable bonds is 4. The fourth-order valence-electron chi connectivity index (χ4n) is 3.82. The Kier molecular flexibility index (Phi) is 4.95. The minimum absolute atomic E-state index is 0.0507. The molecule has 0 atom stereocenters. The molecule has 0 bridgehead atoms. The largest absolute Gasteiger partial charge is 0.486 e. The lowest BCUT2D eigenvalue weighted by Crippen LogP contribution is -2.22. The van der Waals surface area contributed by atoms with Crippen molar-refractivity contribution in [2.45, 2.75) is 19.4 Å². The number of carbonyl (C=O) groups excluding carboxylic acids is 1. The summed E-state index contributed by atoms with van der Waals surface area (Å²) in [4.78, 5) is 18.6. The van der Waals surface area contributed by atoms with Crippen molar-refractivity contribution in [3.63, 3.8) is 0 Å². The normalized spacial score (nSPS) is 14.6. The van der Waals surface area contributed by atoms with Crippen molar-refractivity contribution in [1.29, 1.82) is 5.26 Å². The number of nitriles is 1. The van der Waals surface area contributed by atoms with Crippen LogP contribution in [-0.2, 0) is 19.4 Å². The standard InChI is InChI=1S/C23H19N3O3S/c24-12-17-14(10-19(27)23-26-18-6-7-25-13-22(18)30-23)2-1-3-16(17)15-4-5-20-21(11-15)29-9-8-28-20/h1-5,11,25H,6-10,13H2. The van der Waals surface area contributed by atoms with Crippen LogP contribution in [0.1, 0.15) is 31.5 Å².